The zero-order valence-corrected chi connectivity index (χ0v) is 19.1. The summed E-state index contributed by atoms with van der Waals surface area (Å²) >= 11 is 0. The van der Waals surface area contributed by atoms with E-state index in [2.05, 4.69) is 0 Å². The van der Waals surface area contributed by atoms with Crippen LogP contribution >= 0.6 is 0 Å². The molecule has 35 heavy (non-hydrogen) atoms. The maximum atomic E-state index is 13.3. The topological polar surface area (TPSA) is 87.0 Å². The van der Waals surface area contributed by atoms with Crippen LogP contribution in [0.4, 0.5) is 0 Å². The Balaban J connectivity index is 1.46. The molecule has 3 aromatic carbocycles. The highest BCUT2D eigenvalue weighted by Gasteiger charge is 2.38. The van der Waals surface area contributed by atoms with Crippen LogP contribution in [-0.4, -0.2) is 28.5 Å². The molecule has 3 heterocycles. The van der Waals surface area contributed by atoms with E-state index in [9.17, 15) is 14.7 Å². The Hall–Kier alpha value is -4.52. The van der Waals surface area contributed by atoms with Crippen molar-refractivity contribution in [3.05, 3.63) is 88.8 Å². The summed E-state index contributed by atoms with van der Waals surface area (Å²) in [6, 6.07) is 15.7. The molecule has 4 aromatic rings. The molecule has 1 N–H and O–H groups in total. The standard InChI is InChI=1S/C28H21NO6/c1-29-14-16(20-12-18(33-2)7-9-22(20)29)11-24-27(32)19-8-10-23-26(28(19)35-24)21(13-25(31)34-23)15-3-5-17(30)6-4-15/h3-12,14,21,30H,13H2,1-2H3. The Kier molecular flexibility index (Phi) is 4.67. The number of carbonyl (C=O) groups is 2. The van der Waals surface area contributed by atoms with E-state index in [1.165, 1.54) is 0 Å². The largest absolute Gasteiger partial charge is 0.508 e. The second-order valence-electron chi connectivity index (χ2n) is 8.69. The maximum absolute atomic E-state index is 13.3. The number of fused-ring (bicyclic) bond motifs is 4. The van der Waals surface area contributed by atoms with E-state index in [1.807, 2.05) is 36.0 Å². The van der Waals surface area contributed by atoms with Gasteiger partial charge in [0.05, 0.1) is 19.1 Å². The van der Waals surface area contributed by atoms with Crippen molar-refractivity contribution in [3.63, 3.8) is 0 Å². The lowest BCUT2D eigenvalue weighted by Gasteiger charge is -2.26. The summed E-state index contributed by atoms with van der Waals surface area (Å²) in [4.78, 5) is 25.7. The fraction of sp³-hybridized carbons (Fsp3) is 0.143. The average Bonchev–Trinajstić information content (AvgIpc) is 3.34. The number of carbonyl (C=O) groups excluding carboxylic acids is 2. The highest BCUT2D eigenvalue weighted by molar-refractivity contribution is 6.15. The highest BCUT2D eigenvalue weighted by atomic mass is 16.5. The quantitative estimate of drug-likeness (QED) is 0.261. The monoisotopic (exact) mass is 467 g/mol. The van der Waals surface area contributed by atoms with E-state index in [-0.39, 0.29) is 35.6 Å². The van der Waals surface area contributed by atoms with E-state index in [1.54, 1.807) is 49.6 Å². The van der Waals surface area contributed by atoms with Gasteiger partial charge in [-0.25, -0.2) is 0 Å². The van der Waals surface area contributed by atoms with Gasteiger partial charge in [0.2, 0.25) is 5.78 Å². The van der Waals surface area contributed by atoms with Gasteiger partial charge in [-0.2, -0.15) is 0 Å². The molecule has 1 aromatic heterocycles. The Labute approximate surface area is 200 Å². The fourth-order valence-corrected chi connectivity index (χ4v) is 4.88. The van der Waals surface area contributed by atoms with Gasteiger partial charge in [-0.3, -0.25) is 9.59 Å². The van der Waals surface area contributed by atoms with Crippen molar-refractivity contribution in [1.29, 1.82) is 0 Å². The summed E-state index contributed by atoms with van der Waals surface area (Å²) < 4.78 is 19.0. The molecule has 1 atom stereocenters. The molecule has 6 rings (SSSR count). The molecule has 0 bridgehead atoms. The predicted molar refractivity (Wildman–Crippen MR) is 129 cm³/mol. The highest BCUT2D eigenvalue weighted by Crippen LogP contribution is 2.49. The molecular formula is C28H21NO6. The zero-order valence-electron chi connectivity index (χ0n) is 19.1. The summed E-state index contributed by atoms with van der Waals surface area (Å²) in [7, 11) is 3.55. The minimum atomic E-state index is -0.365. The van der Waals surface area contributed by atoms with Crippen LogP contribution in [0, 0.1) is 0 Å². The Morgan fingerprint density at radius 2 is 1.86 bits per heavy atom. The van der Waals surface area contributed by atoms with Crippen molar-refractivity contribution < 1.29 is 28.9 Å². The zero-order chi connectivity index (χ0) is 24.3. The lowest BCUT2D eigenvalue weighted by atomic mass is 9.84. The van der Waals surface area contributed by atoms with Gasteiger partial charge in [-0.15, -0.1) is 0 Å². The molecule has 0 amide bonds. The normalized spacial score (nSPS) is 17.8. The van der Waals surface area contributed by atoms with Crippen LogP contribution in [0.5, 0.6) is 23.0 Å². The Bertz CT molecular complexity index is 1560. The van der Waals surface area contributed by atoms with Crippen molar-refractivity contribution in [2.45, 2.75) is 12.3 Å². The molecular weight excluding hydrogens is 446 g/mol. The summed E-state index contributed by atoms with van der Waals surface area (Å²) in [5.74, 6) is 0.876. The van der Waals surface area contributed by atoms with E-state index in [0.717, 1.165) is 27.8 Å². The van der Waals surface area contributed by atoms with Crippen LogP contribution in [0.1, 0.15) is 39.4 Å². The van der Waals surface area contributed by atoms with Gasteiger partial charge in [0, 0.05) is 41.2 Å². The number of rotatable bonds is 3. The molecule has 0 spiro atoms. The van der Waals surface area contributed by atoms with E-state index < -0.39 is 0 Å². The molecule has 0 saturated heterocycles. The minimum Gasteiger partial charge on any atom is -0.508 e. The number of aromatic hydroxyl groups is 1. The number of hydrogen-bond acceptors (Lipinski definition) is 6. The number of ketones is 1. The third-order valence-corrected chi connectivity index (χ3v) is 6.59. The fourth-order valence-electron chi connectivity index (χ4n) is 4.88. The Morgan fingerprint density at radius 1 is 1.06 bits per heavy atom. The molecule has 7 nitrogen and oxygen atoms in total. The third kappa shape index (κ3) is 3.35. The van der Waals surface area contributed by atoms with Crippen LogP contribution in [0.15, 0.2) is 66.6 Å². The third-order valence-electron chi connectivity index (χ3n) is 6.59. The molecule has 0 aliphatic carbocycles. The molecule has 174 valence electrons. The van der Waals surface area contributed by atoms with Gasteiger partial charge >= 0.3 is 5.97 Å². The lowest BCUT2D eigenvalue weighted by molar-refractivity contribution is -0.135. The summed E-state index contributed by atoms with van der Waals surface area (Å²) in [6.07, 6.45) is 3.78. The first-order valence-corrected chi connectivity index (χ1v) is 11.2. The van der Waals surface area contributed by atoms with Crippen LogP contribution in [-0.2, 0) is 11.8 Å². The number of phenols is 1. The number of Topliss-reactive ketones (excluding diaryl/α,β-unsaturated/α-hetero) is 1. The van der Waals surface area contributed by atoms with Gasteiger partial charge in [-0.1, -0.05) is 12.1 Å². The van der Waals surface area contributed by atoms with Crippen LogP contribution in [0.2, 0.25) is 0 Å². The number of benzene rings is 3. The number of esters is 1. The first-order valence-electron chi connectivity index (χ1n) is 11.2. The predicted octanol–water partition coefficient (Wildman–Crippen LogP) is 4.95. The maximum Gasteiger partial charge on any atom is 0.312 e. The number of nitrogens with zero attached hydrogens (tertiary/aromatic N) is 1. The van der Waals surface area contributed by atoms with Crippen LogP contribution < -0.4 is 14.2 Å². The van der Waals surface area contributed by atoms with Crippen molar-refractivity contribution in [2.24, 2.45) is 7.05 Å². The number of aryl methyl sites for hydroxylation is 1. The van der Waals surface area contributed by atoms with Gasteiger partial charge in [0.15, 0.2) is 5.76 Å². The summed E-state index contributed by atoms with van der Waals surface area (Å²) in [5, 5.41) is 10.6. The van der Waals surface area contributed by atoms with Gasteiger partial charge in [0.25, 0.3) is 0 Å². The van der Waals surface area contributed by atoms with Crippen molar-refractivity contribution in [3.8, 4) is 23.0 Å². The van der Waals surface area contributed by atoms with E-state index >= 15 is 0 Å². The number of allylic oxidation sites excluding steroid dienone is 1. The second kappa shape index (κ2) is 7.77. The molecule has 0 fully saturated rings. The van der Waals surface area contributed by atoms with Crippen LogP contribution in [0.3, 0.4) is 0 Å². The smallest absolute Gasteiger partial charge is 0.312 e. The molecule has 0 saturated carbocycles. The first-order chi connectivity index (χ1) is 16.9. The second-order valence-corrected chi connectivity index (χ2v) is 8.69. The first kappa shape index (κ1) is 21.0. The van der Waals surface area contributed by atoms with E-state index in [0.29, 0.717) is 22.6 Å². The van der Waals surface area contributed by atoms with Crippen molar-refractivity contribution >= 4 is 28.7 Å². The molecule has 7 heteroatoms. The van der Waals surface area contributed by atoms with Gasteiger partial charge in [-0.05, 0) is 54.1 Å². The van der Waals surface area contributed by atoms with Crippen molar-refractivity contribution in [1.82, 2.24) is 4.57 Å². The number of hydrogen-bond donors (Lipinski definition) is 1. The molecule has 2 aliphatic heterocycles. The van der Waals surface area contributed by atoms with Gasteiger partial charge in [0.1, 0.15) is 23.0 Å². The molecule has 2 aliphatic rings. The van der Waals surface area contributed by atoms with Crippen LogP contribution in [0.25, 0.3) is 17.0 Å². The molecule has 1 unspecified atom stereocenters. The lowest BCUT2D eigenvalue weighted by Crippen LogP contribution is -2.21. The SMILES string of the molecule is COc1ccc2c(c1)c(C=C1Oc3c(ccc4c3C(c3ccc(O)cc3)CC(=O)O4)C1=O)cn2C. The number of aromatic nitrogens is 1. The molecule has 0 radical (unpaired) electrons. The Morgan fingerprint density at radius 3 is 2.63 bits per heavy atom. The number of methoxy groups -OCH3 is 1. The number of phenolic OH excluding ortho intramolecular Hbond substituents is 1. The average molecular weight is 467 g/mol. The van der Waals surface area contributed by atoms with Crippen molar-refractivity contribution in [2.75, 3.05) is 7.11 Å². The minimum absolute atomic E-state index is 0.105. The van der Waals surface area contributed by atoms with Gasteiger partial charge < -0.3 is 23.9 Å². The summed E-state index contributed by atoms with van der Waals surface area (Å²) in [6.45, 7) is 0. The number of ether oxygens (including phenoxy) is 3. The van der Waals surface area contributed by atoms with E-state index in [4.69, 9.17) is 14.2 Å². The summed E-state index contributed by atoms with van der Waals surface area (Å²) in [5.41, 5.74) is 3.73.